The molecule has 2 rings (SSSR count). The fourth-order valence-electron chi connectivity index (χ4n) is 3.54. The molecule has 0 aromatic heterocycles. The zero-order chi connectivity index (χ0) is 17.4. The Morgan fingerprint density at radius 3 is 2.48 bits per heavy atom. The molecule has 23 heavy (non-hydrogen) atoms. The summed E-state index contributed by atoms with van der Waals surface area (Å²) >= 11 is 0. The number of ether oxygens (including phenoxy) is 1. The summed E-state index contributed by atoms with van der Waals surface area (Å²) in [6.45, 7) is 4.27. The van der Waals surface area contributed by atoms with Crippen LogP contribution < -0.4 is 4.74 Å². The lowest BCUT2D eigenvalue weighted by Gasteiger charge is -2.42. The number of hydrogen-bond acceptors (Lipinski definition) is 5. The first-order valence-electron chi connectivity index (χ1n) is 7.48. The van der Waals surface area contributed by atoms with Crippen molar-refractivity contribution in [3.63, 3.8) is 0 Å². The third-order valence-corrected chi connectivity index (χ3v) is 4.42. The van der Waals surface area contributed by atoms with Crippen LogP contribution in [0.2, 0.25) is 0 Å². The summed E-state index contributed by atoms with van der Waals surface area (Å²) in [7, 11) is 1.53. The van der Waals surface area contributed by atoms with Crippen molar-refractivity contribution in [1.82, 2.24) is 0 Å². The molecule has 5 heteroatoms. The zero-order valence-corrected chi connectivity index (χ0v) is 13.8. The molecule has 0 bridgehead atoms. The minimum atomic E-state index is -1.43. The van der Waals surface area contributed by atoms with E-state index in [1.54, 1.807) is 24.3 Å². The minimum Gasteiger partial charge on any atom is -0.512 e. The van der Waals surface area contributed by atoms with E-state index in [1.165, 1.54) is 27.9 Å². The van der Waals surface area contributed by atoms with E-state index in [2.05, 4.69) is 0 Å². The third-order valence-electron chi connectivity index (χ3n) is 4.42. The summed E-state index contributed by atoms with van der Waals surface area (Å²) in [6, 6.07) is 6.99. The molecule has 1 aliphatic carbocycles. The van der Waals surface area contributed by atoms with Crippen molar-refractivity contribution in [2.45, 2.75) is 38.7 Å². The van der Waals surface area contributed by atoms with Gasteiger partial charge in [0, 0.05) is 17.9 Å². The maximum Gasteiger partial charge on any atom is 0.159 e. The van der Waals surface area contributed by atoms with Crippen molar-refractivity contribution in [2.24, 2.45) is 5.92 Å². The van der Waals surface area contributed by atoms with Gasteiger partial charge in [-0.2, -0.15) is 0 Å². The predicted molar refractivity (Wildman–Crippen MR) is 85.5 cm³/mol. The maximum absolute atomic E-state index is 12.2. The van der Waals surface area contributed by atoms with Gasteiger partial charge in [0.15, 0.2) is 5.78 Å². The van der Waals surface area contributed by atoms with E-state index in [1.807, 2.05) is 0 Å². The van der Waals surface area contributed by atoms with Crippen LogP contribution in [0.4, 0.5) is 0 Å². The summed E-state index contributed by atoms with van der Waals surface area (Å²) < 4.78 is 5.21. The van der Waals surface area contributed by atoms with Crippen molar-refractivity contribution in [3.8, 4) is 5.75 Å². The number of aliphatic hydroxyl groups is 2. The quantitative estimate of drug-likeness (QED) is 0.891. The van der Waals surface area contributed by atoms with Crippen LogP contribution in [0.15, 0.2) is 35.6 Å². The SMILES string of the molecule is COc1cccc(C2C(C(C)=O)=C(O)CC(C)(O)C2C(C)=O)c1. The summed E-state index contributed by atoms with van der Waals surface area (Å²) in [4.78, 5) is 24.3. The number of aliphatic hydroxyl groups excluding tert-OH is 1. The molecule has 0 heterocycles. The monoisotopic (exact) mass is 318 g/mol. The first-order chi connectivity index (χ1) is 10.7. The molecule has 3 atom stereocenters. The number of carbonyl (C=O) groups excluding carboxylic acids is 2. The van der Waals surface area contributed by atoms with Crippen LogP contribution in [-0.2, 0) is 9.59 Å². The van der Waals surface area contributed by atoms with Crippen molar-refractivity contribution in [2.75, 3.05) is 7.11 Å². The van der Waals surface area contributed by atoms with E-state index in [9.17, 15) is 19.8 Å². The number of Topliss-reactive ketones (excluding diaryl/α,β-unsaturated/α-hetero) is 2. The maximum atomic E-state index is 12.2. The molecule has 3 unspecified atom stereocenters. The topological polar surface area (TPSA) is 83.8 Å². The number of hydrogen-bond donors (Lipinski definition) is 2. The molecule has 0 radical (unpaired) electrons. The Morgan fingerprint density at radius 2 is 1.96 bits per heavy atom. The molecule has 5 nitrogen and oxygen atoms in total. The predicted octanol–water partition coefficient (Wildman–Crippen LogP) is 2.54. The van der Waals surface area contributed by atoms with Crippen LogP contribution in [0.1, 0.15) is 38.7 Å². The van der Waals surface area contributed by atoms with Gasteiger partial charge in [-0.05, 0) is 38.5 Å². The number of allylic oxidation sites excluding steroid dienone is 1. The Labute approximate surface area is 135 Å². The largest absolute Gasteiger partial charge is 0.512 e. The van der Waals surface area contributed by atoms with Crippen LogP contribution in [0.3, 0.4) is 0 Å². The zero-order valence-electron chi connectivity index (χ0n) is 13.8. The molecule has 0 aliphatic heterocycles. The average Bonchev–Trinajstić information content (AvgIpc) is 2.44. The van der Waals surface area contributed by atoms with E-state index >= 15 is 0 Å². The Balaban J connectivity index is 2.70. The van der Waals surface area contributed by atoms with Gasteiger partial charge in [-0.1, -0.05) is 12.1 Å². The van der Waals surface area contributed by atoms with Gasteiger partial charge < -0.3 is 14.9 Å². The van der Waals surface area contributed by atoms with Gasteiger partial charge in [0.1, 0.15) is 17.3 Å². The molecule has 0 fully saturated rings. The van der Waals surface area contributed by atoms with Crippen molar-refractivity contribution in [1.29, 1.82) is 0 Å². The highest BCUT2D eigenvalue weighted by molar-refractivity contribution is 5.97. The fourth-order valence-corrected chi connectivity index (χ4v) is 3.54. The van der Waals surface area contributed by atoms with Crippen molar-refractivity contribution in [3.05, 3.63) is 41.2 Å². The summed E-state index contributed by atoms with van der Waals surface area (Å²) in [5.41, 5.74) is -0.589. The molecule has 1 aromatic carbocycles. The standard InChI is InChI=1S/C18H22O5/c1-10(19)15-14(21)9-18(3,22)17(11(2)20)16(15)12-6-5-7-13(8-12)23-4/h5-8,16-17,21-22H,9H2,1-4H3. The molecule has 0 amide bonds. The molecular weight excluding hydrogens is 296 g/mol. The number of carbonyl (C=O) groups is 2. The van der Waals surface area contributed by atoms with Crippen LogP contribution in [0, 0.1) is 5.92 Å². The lowest BCUT2D eigenvalue weighted by molar-refractivity contribution is -0.132. The Kier molecular flexibility index (Phi) is 4.61. The third kappa shape index (κ3) is 3.15. The average molecular weight is 318 g/mol. The second-order valence-electron chi connectivity index (χ2n) is 6.29. The van der Waals surface area contributed by atoms with Crippen molar-refractivity contribution < 1.29 is 24.5 Å². The Bertz CT molecular complexity index is 672. The van der Waals surface area contributed by atoms with Crippen LogP contribution in [-0.4, -0.2) is 34.5 Å². The van der Waals surface area contributed by atoms with Gasteiger partial charge in [-0.15, -0.1) is 0 Å². The van der Waals surface area contributed by atoms with E-state index in [-0.39, 0.29) is 29.3 Å². The van der Waals surface area contributed by atoms with Gasteiger partial charge in [-0.3, -0.25) is 9.59 Å². The normalized spacial score (nSPS) is 27.7. The van der Waals surface area contributed by atoms with Gasteiger partial charge in [0.25, 0.3) is 0 Å². The highest BCUT2D eigenvalue weighted by atomic mass is 16.5. The first kappa shape index (κ1) is 17.2. The molecule has 1 aliphatic rings. The first-order valence-corrected chi connectivity index (χ1v) is 7.48. The Morgan fingerprint density at radius 1 is 1.30 bits per heavy atom. The van der Waals surface area contributed by atoms with Crippen LogP contribution >= 0.6 is 0 Å². The molecule has 124 valence electrons. The molecule has 1 aromatic rings. The second-order valence-corrected chi connectivity index (χ2v) is 6.29. The lowest BCUT2D eigenvalue weighted by Crippen LogP contribution is -2.47. The van der Waals surface area contributed by atoms with Crippen LogP contribution in [0.5, 0.6) is 5.75 Å². The van der Waals surface area contributed by atoms with E-state index in [0.29, 0.717) is 11.3 Å². The summed E-state index contributed by atoms with van der Waals surface area (Å²) in [5, 5.41) is 21.0. The van der Waals surface area contributed by atoms with E-state index < -0.39 is 17.4 Å². The van der Waals surface area contributed by atoms with Crippen molar-refractivity contribution >= 4 is 11.6 Å². The molecule has 0 saturated heterocycles. The minimum absolute atomic E-state index is 0.118. The van der Waals surface area contributed by atoms with E-state index in [4.69, 9.17) is 4.74 Å². The number of rotatable bonds is 4. The highest BCUT2D eigenvalue weighted by Gasteiger charge is 2.49. The number of benzene rings is 1. The summed E-state index contributed by atoms with van der Waals surface area (Å²) in [5.74, 6) is -1.63. The number of methoxy groups -OCH3 is 1. The molecule has 0 saturated carbocycles. The highest BCUT2D eigenvalue weighted by Crippen LogP contribution is 2.47. The molecule has 2 N–H and O–H groups in total. The number of ketones is 2. The smallest absolute Gasteiger partial charge is 0.159 e. The lowest BCUT2D eigenvalue weighted by atomic mass is 9.64. The van der Waals surface area contributed by atoms with Gasteiger partial charge >= 0.3 is 0 Å². The van der Waals surface area contributed by atoms with Gasteiger partial charge in [0.05, 0.1) is 18.6 Å². The molecular formula is C18H22O5. The van der Waals surface area contributed by atoms with E-state index in [0.717, 1.165) is 0 Å². The van der Waals surface area contributed by atoms with Crippen LogP contribution in [0.25, 0.3) is 0 Å². The molecule has 0 spiro atoms. The van der Waals surface area contributed by atoms with Gasteiger partial charge in [0.2, 0.25) is 0 Å². The second kappa shape index (κ2) is 6.16. The Hall–Kier alpha value is -2.14. The fraction of sp³-hybridized carbons (Fsp3) is 0.444. The summed E-state index contributed by atoms with van der Waals surface area (Å²) in [6.07, 6.45) is -0.118. The van der Waals surface area contributed by atoms with Gasteiger partial charge in [-0.25, -0.2) is 0 Å².